The summed E-state index contributed by atoms with van der Waals surface area (Å²) in [4.78, 5) is 11.7. The fourth-order valence-electron chi connectivity index (χ4n) is 4.00. The van der Waals surface area contributed by atoms with Crippen LogP contribution in [0.4, 0.5) is 0 Å². The minimum atomic E-state index is 0.00190. The summed E-state index contributed by atoms with van der Waals surface area (Å²) in [6.07, 6.45) is 31.5. The first-order valence-corrected chi connectivity index (χ1v) is 13.6. The van der Waals surface area contributed by atoms with Gasteiger partial charge < -0.3 is 4.74 Å². The summed E-state index contributed by atoms with van der Waals surface area (Å²) in [7, 11) is 0. The largest absolute Gasteiger partial charge is 0.466 e. The monoisotopic (exact) mass is 422 g/mol. The Bertz CT molecular complexity index is 351. The lowest BCUT2D eigenvalue weighted by atomic mass is 10.0. The van der Waals surface area contributed by atoms with Gasteiger partial charge in [0.25, 0.3) is 0 Å². The molecule has 0 radical (unpaired) electrons. The van der Waals surface area contributed by atoms with Gasteiger partial charge in [0, 0.05) is 6.42 Å². The molecule has 0 saturated heterocycles. The summed E-state index contributed by atoms with van der Waals surface area (Å²) in [6, 6.07) is 0. The molecule has 0 aliphatic rings. The van der Waals surface area contributed by atoms with E-state index in [4.69, 9.17) is 4.74 Å². The topological polar surface area (TPSA) is 26.3 Å². The van der Waals surface area contributed by atoms with Crippen LogP contribution in [0, 0.1) is 0 Å². The maximum absolute atomic E-state index is 11.7. The van der Waals surface area contributed by atoms with E-state index in [1.165, 1.54) is 116 Å². The highest BCUT2D eigenvalue weighted by Gasteiger charge is 2.02. The third-order valence-electron chi connectivity index (χ3n) is 6.05. The number of carbonyl (C=O) groups is 1. The Kier molecular flexibility index (Phi) is 25.6. The van der Waals surface area contributed by atoms with E-state index in [-0.39, 0.29) is 5.97 Å². The molecule has 0 bridgehead atoms. The lowest BCUT2D eigenvalue weighted by Crippen LogP contribution is -2.05. The number of allylic oxidation sites excluding steroid dienone is 1. The third kappa shape index (κ3) is 25.2. The van der Waals surface area contributed by atoms with Crippen molar-refractivity contribution in [3.05, 3.63) is 12.7 Å². The predicted octanol–water partition coefficient (Wildman–Crippen LogP) is 9.71. The van der Waals surface area contributed by atoms with Gasteiger partial charge in [-0.2, -0.15) is 0 Å². The van der Waals surface area contributed by atoms with Crippen molar-refractivity contribution in [3.8, 4) is 0 Å². The summed E-state index contributed by atoms with van der Waals surface area (Å²) in [6.45, 7) is 6.65. The highest BCUT2D eigenvalue weighted by Crippen LogP contribution is 2.14. The highest BCUT2D eigenvalue weighted by molar-refractivity contribution is 5.69. The molecule has 0 rings (SSSR count). The van der Waals surface area contributed by atoms with Crippen LogP contribution in [-0.4, -0.2) is 12.6 Å². The first-order valence-electron chi connectivity index (χ1n) is 13.6. The number of esters is 1. The number of ether oxygens (including phenoxy) is 1. The number of hydrogen-bond acceptors (Lipinski definition) is 2. The number of unbranched alkanes of at least 4 members (excludes halogenated alkanes) is 20. The lowest BCUT2D eigenvalue weighted by molar-refractivity contribution is -0.143. The predicted molar refractivity (Wildman–Crippen MR) is 133 cm³/mol. The Hall–Kier alpha value is -0.790. The minimum Gasteiger partial charge on any atom is -0.466 e. The molecule has 0 spiro atoms. The van der Waals surface area contributed by atoms with Gasteiger partial charge in [0.15, 0.2) is 0 Å². The molecule has 0 fully saturated rings. The van der Waals surface area contributed by atoms with Crippen LogP contribution in [0.1, 0.15) is 155 Å². The molecule has 0 saturated carbocycles. The smallest absolute Gasteiger partial charge is 0.305 e. The van der Waals surface area contributed by atoms with Crippen molar-refractivity contribution in [3.63, 3.8) is 0 Å². The van der Waals surface area contributed by atoms with Crippen molar-refractivity contribution in [2.75, 3.05) is 6.61 Å². The van der Waals surface area contributed by atoms with Crippen molar-refractivity contribution < 1.29 is 9.53 Å². The zero-order valence-corrected chi connectivity index (χ0v) is 20.6. The van der Waals surface area contributed by atoms with Crippen molar-refractivity contribution in [2.45, 2.75) is 155 Å². The van der Waals surface area contributed by atoms with Gasteiger partial charge in [-0.25, -0.2) is 0 Å². The van der Waals surface area contributed by atoms with Gasteiger partial charge in [-0.15, -0.1) is 6.58 Å². The van der Waals surface area contributed by atoms with Crippen molar-refractivity contribution in [1.29, 1.82) is 0 Å². The molecular formula is C28H54O2. The quantitative estimate of drug-likeness (QED) is 0.0831. The average molecular weight is 423 g/mol. The Labute approximate surface area is 189 Å². The zero-order valence-electron chi connectivity index (χ0n) is 20.6. The van der Waals surface area contributed by atoms with Crippen LogP contribution in [0.2, 0.25) is 0 Å². The number of carbonyl (C=O) groups excluding carboxylic acids is 1. The molecule has 0 amide bonds. The molecule has 2 heteroatoms. The molecule has 30 heavy (non-hydrogen) atoms. The van der Waals surface area contributed by atoms with Crippen LogP contribution in [0.3, 0.4) is 0 Å². The maximum atomic E-state index is 11.7. The standard InChI is InChI=1S/C28H54O2/c1-3-5-7-9-11-12-13-14-15-16-17-18-19-21-23-25-27-30-28(29)26-24-22-20-10-8-6-4-2/h4H,2-3,5-27H2,1H3. The normalized spacial score (nSPS) is 11.0. The van der Waals surface area contributed by atoms with Crippen molar-refractivity contribution >= 4 is 5.97 Å². The molecule has 0 aliphatic carbocycles. The molecule has 0 atom stereocenters. The summed E-state index contributed by atoms with van der Waals surface area (Å²) >= 11 is 0. The Morgan fingerprint density at radius 3 is 1.47 bits per heavy atom. The van der Waals surface area contributed by atoms with Gasteiger partial charge in [0.1, 0.15) is 0 Å². The molecule has 0 aromatic heterocycles. The van der Waals surface area contributed by atoms with Crippen molar-refractivity contribution in [1.82, 2.24) is 0 Å². The first kappa shape index (κ1) is 29.2. The van der Waals surface area contributed by atoms with Crippen LogP contribution >= 0.6 is 0 Å². The molecule has 0 heterocycles. The van der Waals surface area contributed by atoms with E-state index >= 15 is 0 Å². The maximum Gasteiger partial charge on any atom is 0.305 e. The summed E-state index contributed by atoms with van der Waals surface area (Å²) in [5.74, 6) is 0.00190. The van der Waals surface area contributed by atoms with E-state index in [0.29, 0.717) is 13.0 Å². The van der Waals surface area contributed by atoms with E-state index in [2.05, 4.69) is 13.5 Å². The van der Waals surface area contributed by atoms with Crippen LogP contribution in [0.5, 0.6) is 0 Å². The SMILES string of the molecule is C=CCCCCCCCC(=O)OCCCCCCCCCCCCCCCCCC. The van der Waals surface area contributed by atoms with Crippen molar-refractivity contribution in [2.24, 2.45) is 0 Å². The molecule has 2 nitrogen and oxygen atoms in total. The fraction of sp³-hybridized carbons (Fsp3) is 0.893. The fourth-order valence-corrected chi connectivity index (χ4v) is 4.00. The molecule has 0 aromatic rings. The molecule has 178 valence electrons. The summed E-state index contributed by atoms with van der Waals surface area (Å²) in [5.41, 5.74) is 0. The summed E-state index contributed by atoms with van der Waals surface area (Å²) < 4.78 is 5.35. The van der Waals surface area contributed by atoms with Gasteiger partial charge in [0.2, 0.25) is 0 Å². The van der Waals surface area contributed by atoms with Crippen LogP contribution in [0.15, 0.2) is 12.7 Å². The van der Waals surface area contributed by atoms with Gasteiger partial charge in [-0.1, -0.05) is 129 Å². The molecule has 0 aliphatic heterocycles. The van der Waals surface area contributed by atoms with Gasteiger partial charge in [-0.05, 0) is 25.7 Å². The minimum absolute atomic E-state index is 0.00190. The molecule has 0 unspecified atom stereocenters. The number of hydrogen-bond donors (Lipinski definition) is 0. The van der Waals surface area contributed by atoms with Gasteiger partial charge >= 0.3 is 5.97 Å². The average Bonchev–Trinajstić information content (AvgIpc) is 2.75. The van der Waals surface area contributed by atoms with Crippen LogP contribution in [-0.2, 0) is 9.53 Å². The van der Waals surface area contributed by atoms with E-state index in [1.54, 1.807) is 0 Å². The second kappa shape index (κ2) is 26.2. The zero-order chi connectivity index (χ0) is 22.0. The second-order valence-electron chi connectivity index (χ2n) is 9.12. The van der Waals surface area contributed by atoms with Gasteiger partial charge in [-0.3, -0.25) is 4.79 Å². The molecule has 0 aromatic carbocycles. The Morgan fingerprint density at radius 2 is 1.00 bits per heavy atom. The number of rotatable bonds is 25. The lowest BCUT2D eigenvalue weighted by Gasteiger charge is -2.05. The Morgan fingerprint density at radius 1 is 0.600 bits per heavy atom. The van der Waals surface area contributed by atoms with E-state index in [0.717, 1.165) is 25.7 Å². The highest BCUT2D eigenvalue weighted by atomic mass is 16.5. The second-order valence-corrected chi connectivity index (χ2v) is 9.12. The molecule has 0 N–H and O–H groups in total. The van der Waals surface area contributed by atoms with Gasteiger partial charge in [0.05, 0.1) is 6.61 Å². The summed E-state index contributed by atoms with van der Waals surface area (Å²) in [5, 5.41) is 0. The first-order chi connectivity index (χ1) is 14.8. The molecular weight excluding hydrogens is 368 g/mol. The van der Waals surface area contributed by atoms with E-state index < -0.39 is 0 Å². The van der Waals surface area contributed by atoms with Crippen LogP contribution in [0.25, 0.3) is 0 Å². The third-order valence-corrected chi connectivity index (χ3v) is 6.05. The Balaban J connectivity index is 3.11. The van der Waals surface area contributed by atoms with E-state index in [9.17, 15) is 4.79 Å². The van der Waals surface area contributed by atoms with E-state index in [1.807, 2.05) is 6.08 Å². The van der Waals surface area contributed by atoms with Crippen LogP contribution < -0.4 is 0 Å².